The van der Waals surface area contributed by atoms with Gasteiger partial charge in [-0.2, -0.15) is 0 Å². The largest absolute Gasteiger partial charge is 0.395 e. The molecule has 1 aliphatic rings. The van der Waals surface area contributed by atoms with Gasteiger partial charge in [0.1, 0.15) is 0 Å². The number of nitrogens with zero attached hydrogens (tertiary/aromatic N) is 1. The van der Waals surface area contributed by atoms with Gasteiger partial charge in [-0.1, -0.05) is 0 Å². The van der Waals surface area contributed by atoms with Crippen molar-refractivity contribution in [2.75, 3.05) is 19.7 Å². The van der Waals surface area contributed by atoms with Crippen molar-refractivity contribution in [3.8, 4) is 0 Å². The highest BCUT2D eigenvalue weighted by atomic mass is 16.3. The van der Waals surface area contributed by atoms with E-state index < -0.39 is 0 Å². The van der Waals surface area contributed by atoms with Crippen molar-refractivity contribution in [1.82, 2.24) is 10.2 Å². The van der Waals surface area contributed by atoms with E-state index in [1.807, 2.05) is 13.8 Å². The Morgan fingerprint density at radius 3 is 2.64 bits per heavy atom. The summed E-state index contributed by atoms with van der Waals surface area (Å²) in [6.45, 7) is 4.80. The molecule has 1 fully saturated rings. The number of hydrogen-bond acceptors (Lipinski definition) is 3. The third kappa shape index (κ3) is 3.64. The van der Waals surface area contributed by atoms with Crippen LogP contribution in [0.2, 0.25) is 0 Å². The zero-order chi connectivity index (χ0) is 10.6. The van der Waals surface area contributed by atoms with Crippen LogP contribution in [0.3, 0.4) is 0 Å². The molecular weight excluding hydrogens is 180 g/mol. The standard InChI is InChI=1S/C10H20N2O2/c1-8(2)12(5-6-13)10(14)7-11-9-3-4-9/h8-9,11,13H,3-7H2,1-2H3. The minimum atomic E-state index is 0.0351. The predicted octanol–water partition coefficient (Wildman–Crippen LogP) is -0.0323. The second-order valence-corrected chi connectivity index (χ2v) is 4.06. The van der Waals surface area contributed by atoms with E-state index in [1.165, 1.54) is 12.8 Å². The summed E-state index contributed by atoms with van der Waals surface area (Å²) in [4.78, 5) is 13.4. The molecule has 0 aromatic carbocycles. The maximum atomic E-state index is 11.7. The van der Waals surface area contributed by atoms with Crippen LogP contribution >= 0.6 is 0 Å². The van der Waals surface area contributed by atoms with Crippen LogP contribution in [0.25, 0.3) is 0 Å². The molecule has 0 heterocycles. The number of aliphatic hydroxyl groups is 1. The number of nitrogens with one attached hydrogen (secondary N) is 1. The molecule has 0 saturated heterocycles. The predicted molar refractivity (Wildman–Crippen MR) is 55.0 cm³/mol. The van der Waals surface area contributed by atoms with Gasteiger partial charge in [0.05, 0.1) is 13.2 Å². The molecule has 1 aliphatic carbocycles. The average molecular weight is 200 g/mol. The van der Waals surface area contributed by atoms with E-state index in [4.69, 9.17) is 5.11 Å². The lowest BCUT2D eigenvalue weighted by Gasteiger charge is -2.26. The highest BCUT2D eigenvalue weighted by Gasteiger charge is 2.23. The number of rotatable bonds is 6. The number of carbonyl (C=O) groups excluding carboxylic acids is 1. The SMILES string of the molecule is CC(C)N(CCO)C(=O)CNC1CC1. The monoisotopic (exact) mass is 200 g/mol. The molecule has 0 aromatic rings. The summed E-state index contributed by atoms with van der Waals surface area (Å²) in [5.41, 5.74) is 0. The smallest absolute Gasteiger partial charge is 0.236 e. The van der Waals surface area contributed by atoms with Crippen molar-refractivity contribution in [1.29, 1.82) is 0 Å². The Morgan fingerprint density at radius 2 is 2.21 bits per heavy atom. The van der Waals surface area contributed by atoms with Crippen LogP contribution < -0.4 is 5.32 Å². The molecule has 0 unspecified atom stereocenters. The summed E-state index contributed by atoms with van der Waals surface area (Å²) in [5.74, 6) is 0.0842. The van der Waals surface area contributed by atoms with Gasteiger partial charge in [-0.15, -0.1) is 0 Å². The molecule has 0 radical (unpaired) electrons. The average Bonchev–Trinajstić information content (AvgIpc) is 2.93. The maximum Gasteiger partial charge on any atom is 0.236 e. The summed E-state index contributed by atoms with van der Waals surface area (Å²) in [5, 5.41) is 12.0. The Balaban J connectivity index is 2.28. The Kier molecular flexibility index (Phi) is 4.35. The van der Waals surface area contributed by atoms with Crippen LogP contribution in [0.5, 0.6) is 0 Å². The first-order chi connectivity index (χ1) is 6.65. The highest BCUT2D eigenvalue weighted by molar-refractivity contribution is 5.78. The zero-order valence-electron chi connectivity index (χ0n) is 8.99. The van der Waals surface area contributed by atoms with Gasteiger partial charge in [0.2, 0.25) is 5.91 Å². The van der Waals surface area contributed by atoms with Gasteiger partial charge < -0.3 is 15.3 Å². The van der Waals surface area contributed by atoms with Gasteiger partial charge >= 0.3 is 0 Å². The minimum Gasteiger partial charge on any atom is -0.395 e. The third-order valence-corrected chi connectivity index (χ3v) is 2.40. The summed E-state index contributed by atoms with van der Waals surface area (Å²) < 4.78 is 0. The van der Waals surface area contributed by atoms with E-state index in [9.17, 15) is 4.79 Å². The lowest BCUT2D eigenvalue weighted by atomic mass is 10.3. The molecule has 0 aromatic heterocycles. The van der Waals surface area contributed by atoms with Gasteiger partial charge in [0, 0.05) is 18.6 Å². The zero-order valence-corrected chi connectivity index (χ0v) is 8.99. The summed E-state index contributed by atoms with van der Waals surface area (Å²) in [7, 11) is 0. The normalized spacial score (nSPS) is 16.0. The van der Waals surface area contributed by atoms with Crippen LogP contribution in [0.1, 0.15) is 26.7 Å². The minimum absolute atomic E-state index is 0.0351. The Hall–Kier alpha value is -0.610. The van der Waals surface area contributed by atoms with Gasteiger partial charge in [-0.05, 0) is 26.7 Å². The molecule has 0 aliphatic heterocycles. The van der Waals surface area contributed by atoms with Crippen molar-refractivity contribution >= 4 is 5.91 Å². The first-order valence-corrected chi connectivity index (χ1v) is 5.29. The maximum absolute atomic E-state index is 11.7. The molecular formula is C10H20N2O2. The lowest BCUT2D eigenvalue weighted by molar-refractivity contribution is -0.132. The summed E-state index contributed by atoms with van der Waals surface area (Å²) >= 11 is 0. The van der Waals surface area contributed by atoms with Crippen LogP contribution in [-0.4, -0.2) is 47.7 Å². The molecule has 4 heteroatoms. The van der Waals surface area contributed by atoms with Crippen LogP contribution in [0, 0.1) is 0 Å². The van der Waals surface area contributed by atoms with Gasteiger partial charge in [-0.3, -0.25) is 4.79 Å². The highest BCUT2D eigenvalue weighted by Crippen LogP contribution is 2.18. The fourth-order valence-corrected chi connectivity index (χ4v) is 1.40. The topological polar surface area (TPSA) is 52.6 Å². The van der Waals surface area contributed by atoms with Crippen LogP contribution in [0.15, 0.2) is 0 Å². The molecule has 4 nitrogen and oxygen atoms in total. The molecule has 0 spiro atoms. The molecule has 2 N–H and O–H groups in total. The van der Waals surface area contributed by atoms with E-state index in [-0.39, 0.29) is 18.6 Å². The second kappa shape index (κ2) is 5.32. The van der Waals surface area contributed by atoms with Crippen molar-refractivity contribution in [2.45, 2.75) is 38.8 Å². The molecule has 82 valence electrons. The summed E-state index contributed by atoms with van der Waals surface area (Å²) in [6.07, 6.45) is 2.38. The van der Waals surface area contributed by atoms with E-state index in [0.717, 1.165) is 0 Å². The van der Waals surface area contributed by atoms with Crippen LogP contribution in [-0.2, 0) is 4.79 Å². The fraction of sp³-hybridized carbons (Fsp3) is 0.900. The van der Waals surface area contributed by atoms with Gasteiger partial charge in [-0.25, -0.2) is 0 Å². The number of hydrogen-bond donors (Lipinski definition) is 2. The van der Waals surface area contributed by atoms with E-state index in [2.05, 4.69) is 5.32 Å². The second-order valence-electron chi connectivity index (χ2n) is 4.06. The van der Waals surface area contributed by atoms with E-state index >= 15 is 0 Å². The molecule has 1 amide bonds. The third-order valence-electron chi connectivity index (χ3n) is 2.40. The Labute approximate surface area is 85.3 Å². The number of aliphatic hydroxyl groups excluding tert-OH is 1. The first kappa shape index (κ1) is 11.5. The lowest BCUT2D eigenvalue weighted by Crippen LogP contribution is -2.44. The van der Waals surface area contributed by atoms with Crippen molar-refractivity contribution in [2.24, 2.45) is 0 Å². The van der Waals surface area contributed by atoms with Crippen molar-refractivity contribution < 1.29 is 9.90 Å². The van der Waals surface area contributed by atoms with Gasteiger partial charge in [0.25, 0.3) is 0 Å². The molecule has 0 atom stereocenters. The number of carbonyl (C=O) groups is 1. The molecule has 1 rings (SSSR count). The molecule has 14 heavy (non-hydrogen) atoms. The number of amides is 1. The molecule has 0 bridgehead atoms. The van der Waals surface area contributed by atoms with Crippen molar-refractivity contribution in [3.05, 3.63) is 0 Å². The Morgan fingerprint density at radius 1 is 1.57 bits per heavy atom. The van der Waals surface area contributed by atoms with Gasteiger partial charge in [0.15, 0.2) is 0 Å². The van der Waals surface area contributed by atoms with Crippen molar-refractivity contribution in [3.63, 3.8) is 0 Å². The quantitative estimate of drug-likeness (QED) is 0.633. The first-order valence-electron chi connectivity index (χ1n) is 5.29. The molecule has 1 saturated carbocycles. The summed E-state index contributed by atoms with van der Waals surface area (Å²) in [6, 6.07) is 0.720. The Bertz CT molecular complexity index is 191. The van der Waals surface area contributed by atoms with E-state index in [0.29, 0.717) is 19.1 Å². The van der Waals surface area contributed by atoms with Crippen LogP contribution in [0.4, 0.5) is 0 Å². The fourth-order valence-electron chi connectivity index (χ4n) is 1.40. The van der Waals surface area contributed by atoms with E-state index in [1.54, 1.807) is 4.90 Å².